The van der Waals surface area contributed by atoms with Gasteiger partial charge in [0.1, 0.15) is 11.5 Å². The molecule has 1 aromatic rings. The van der Waals surface area contributed by atoms with Crippen molar-refractivity contribution >= 4 is 0 Å². The Labute approximate surface area is 97.2 Å². The molecule has 1 aliphatic heterocycles. The van der Waals surface area contributed by atoms with Gasteiger partial charge < -0.3 is 14.5 Å². The van der Waals surface area contributed by atoms with Gasteiger partial charge in [0.2, 0.25) is 0 Å². The van der Waals surface area contributed by atoms with Crippen molar-refractivity contribution in [1.29, 1.82) is 0 Å². The summed E-state index contributed by atoms with van der Waals surface area (Å²) in [6, 6.07) is 4.01. The van der Waals surface area contributed by atoms with E-state index in [-0.39, 0.29) is 5.60 Å². The van der Waals surface area contributed by atoms with E-state index in [0.717, 1.165) is 37.5 Å². The predicted molar refractivity (Wildman–Crippen MR) is 63.3 cm³/mol. The summed E-state index contributed by atoms with van der Waals surface area (Å²) in [5.41, 5.74) is 0.0631. The Bertz CT molecular complexity index is 343. The van der Waals surface area contributed by atoms with Gasteiger partial charge in [0, 0.05) is 6.54 Å². The van der Waals surface area contributed by atoms with Gasteiger partial charge in [-0.05, 0) is 45.7 Å². The van der Waals surface area contributed by atoms with Crippen LogP contribution in [0.15, 0.2) is 16.5 Å². The zero-order chi connectivity index (χ0) is 11.6. The topological polar surface area (TPSA) is 34.4 Å². The number of aryl methyl sites for hydroxylation is 1. The quantitative estimate of drug-likeness (QED) is 0.852. The molecule has 2 heterocycles. The fraction of sp³-hybridized carbons (Fsp3) is 0.692. The average Bonchev–Trinajstić information content (AvgIpc) is 2.73. The van der Waals surface area contributed by atoms with Crippen molar-refractivity contribution in [3.8, 4) is 0 Å². The Balaban J connectivity index is 1.69. The van der Waals surface area contributed by atoms with E-state index in [1.54, 1.807) is 0 Å². The molecule has 3 heteroatoms. The van der Waals surface area contributed by atoms with Crippen LogP contribution < -0.4 is 5.32 Å². The van der Waals surface area contributed by atoms with Crippen molar-refractivity contribution in [1.82, 2.24) is 5.32 Å². The minimum Gasteiger partial charge on any atom is -0.465 e. The lowest BCUT2D eigenvalue weighted by Gasteiger charge is -2.19. The summed E-state index contributed by atoms with van der Waals surface area (Å²) in [5, 5.41) is 3.38. The van der Waals surface area contributed by atoms with Gasteiger partial charge in [-0.25, -0.2) is 0 Å². The van der Waals surface area contributed by atoms with Crippen molar-refractivity contribution in [2.45, 2.75) is 51.9 Å². The first-order valence-electron chi connectivity index (χ1n) is 5.99. The number of nitrogens with one attached hydrogen (secondary N) is 1. The van der Waals surface area contributed by atoms with Gasteiger partial charge in [0.15, 0.2) is 0 Å². The van der Waals surface area contributed by atoms with Crippen molar-refractivity contribution < 1.29 is 9.15 Å². The van der Waals surface area contributed by atoms with Crippen molar-refractivity contribution in [3.05, 3.63) is 23.7 Å². The van der Waals surface area contributed by atoms with Crippen molar-refractivity contribution in [2.24, 2.45) is 0 Å². The second-order valence-electron chi connectivity index (χ2n) is 5.18. The SMILES string of the molecule is Cc1ccc(CNCC2CCC(C)(C)O2)o1. The van der Waals surface area contributed by atoms with Gasteiger partial charge in [-0.3, -0.25) is 0 Å². The van der Waals surface area contributed by atoms with Crippen LogP contribution in [-0.4, -0.2) is 18.2 Å². The van der Waals surface area contributed by atoms with E-state index in [0.29, 0.717) is 6.10 Å². The molecule has 0 radical (unpaired) electrons. The minimum absolute atomic E-state index is 0.0631. The van der Waals surface area contributed by atoms with Crippen LogP contribution >= 0.6 is 0 Å². The maximum atomic E-state index is 5.90. The van der Waals surface area contributed by atoms with Crippen molar-refractivity contribution in [3.63, 3.8) is 0 Å². The second-order valence-corrected chi connectivity index (χ2v) is 5.18. The standard InChI is InChI=1S/C13H21NO2/c1-10-4-5-11(15-10)8-14-9-12-6-7-13(2,3)16-12/h4-5,12,14H,6-9H2,1-3H3. The highest BCUT2D eigenvalue weighted by Gasteiger charge is 2.31. The summed E-state index contributed by atoms with van der Waals surface area (Å²) in [6.45, 7) is 7.97. The molecule has 0 aromatic carbocycles. The van der Waals surface area contributed by atoms with Gasteiger partial charge >= 0.3 is 0 Å². The van der Waals surface area contributed by atoms with E-state index >= 15 is 0 Å². The Morgan fingerprint density at radius 3 is 2.81 bits per heavy atom. The van der Waals surface area contributed by atoms with Crippen LogP contribution in [0.1, 0.15) is 38.2 Å². The molecule has 90 valence electrons. The first-order valence-corrected chi connectivity index (χ1v) is 5.99. The van der Waals surface area contributed by atoms with Crippen molar-refractivity contribution in [2.75, 3.05) is 6.54 Å². The Kier molecular flexibility index (Phi) is 3.36. The van der Waals surface area contributed by atoms with Crippen LogP contribution in [0.2, 0.25) is 0 Å². The second kappa shape index (κ2) is 4.60. The molecule has 0 saturated carbocycles. The molecule has 1 saturated heterocycles. The van der Waals surface area contributed by atoms with E-state index in [4.69, 9.17) is 9.15 Å². The van der Waals surface area contributed by atoms with E-state index in [2.05, 4.69) is 19.2 Å². The molecule has 0 spiro atoms. The molecule has 16 heavy (non-hydrogen) atoms. The molecular formula is C13H21NO2. The zero-order valence-corrected chi connectivity index (χ0v) is 10.4. The molecule has 1 fully saturated rings. The highest BCUT2D eigenvalue weighted by molar-refractivity contribution is 5.05. The van der Waals surface area contributed by atoms with Crippen LogP contribution in [0.25, 0.3) is 0 Å². The number of hydrogen-bond acceptors (Lipinski definition) is 3. The summed E-state index contributed by atoms with van der Waals surface area (Å²) in [5.74, 6) is 1.96. The molecule has 1 aliphatic rings. The first-order chi connectivity index (χ1) is 7.55. The maximum Gasteiger partial charge on any atom is 0.117 e. The largest absolute Gasteiger partial charge is 0.465 e. The van der Waals surface area contributed by atoms with Gasteiger partial charge in [0.05, 0.1) is 18.2 Å². The van der Waals surface area contributed by atoms with Gasteiger partial charge in [-0.2, -0.15) is 0 Å². The maximum absolute atomic E-state index is 5.90. The highest BCUT2D eigenvalue weighted by Crippen LogP contribution is 2.28. The Morgan fingerprint density at radius 1 is 1.44 bits per heavy atom. The number of hydrogen-bond donors (Lipinski definition) is 1. The lowest BCUT2D eigenvalue weighted by atomic mass is 10.1. The lowest BCUT2D eigenvalue weighted by molar-refractivity contribution is -0.0144. The van der Waals surface area contributed by atoms with Gasteiger partial charge in [-0.15, -0.1) is 0 Å². The smallest absolute Gasteiger partial charge is 0.117 e. The predicted octanol–water partition coefficient (Wildman–Crippen LogP) is 2.64. The van der Waals surface area contributed by atoms with Gasteiger partial charge in [-0.1, -0.05) is 0 Å². The fourth-order valence-corrected chi connectivity index (χ4v) is 2.16. The van der Waals surface area contributed by atoms with E-state index in [1.165, 1.54) is 0 Å². The summed E-state index contributed by atoms with van der Waals surface area (Å²) in [6.07, 6.45) is 2.65. The molecule has 0 bridgehead atoms. The third kappa shape index (κ3) is 3.09. The molecule has 1 N–H and O–H groups in total. The van der Waals surface area contributed by atoms with Crippen LogP contribution in [0.5, 0.6) is 0 Å². The Morgan fingerprint density at radius 2 is 2.25 bits per heavy atom. The van der Waals surface area contributed by atoms with E-state index in [1.807, 2.05) is 19.1 Å². The number of ether oxygens (including phenoxy) is 1. The lowest BCUT2D eigenvalue weighted by Crippen LogP contribution is -2.28. The van der Waals surface area contributed by atoms with Crippen LogP contribution in [-0.2, 0) is 11.3 Å². The molecule has 0 aliphatic carbocycles. The summed E-state index contributed by atoms with van der Waals surface area (Å²) in [7, 11) is 0. The highest BCUT2D eigenvalue weighted by atomic mass is 16.5. The third-order valence-corrected chi connectivity index (χ3v) is 3.02. The normalized spacial score (nSPS) is 23.8. The van der Waals surface area contributed by atoms with E-state index in [9.17, 15) is 0 Å². The van der Waals surface area contributed by atoms with Crippen LogP contribution in [0.4, 0.5) is 0 Å². The van der Waals surface area contributed by atoms with Gasteiger partial charge in [0.25, 0.3) is 0 Å². The zero-order valence-electron chi connectivity index (χ0n) is 10.4. The molecule has 1 atom stereocenters. The Hall–Kier alpha value is -0.800. The first kappa shape index (κ1) is 11.7. The summed E-state index contributed by atoms with van der Waals surface area (Å²) >= 11 is 0. The van der Waals surface area contributed by atoms with Crippen LogP contribution in [0.3, 0.4) is 0 Å². The summed E-state index contributed by atoms with van der Waals surface area (Å²) < 4.78 is 11.4. The molecule has 2 rings (SSSR count). The molecule has 3 nitrogen and oxygen atoms in total. The molecule has 0 amide bonds. The number of rotatable bonds is 4. The van der Waals surface area contributed by atoms with E-state index < -0.39 is 0 Å². The molecule has 1 aromatic heterocycles. The molecule has 1 unspecified atom stereocenters. The monoisotopic (exact) mass is 223 g/mol. The minimum atomic E-state index is 0.0631. The average molecular weight is 223 g/mol. The fourth-order valence-electron chi connectivity index (χ4n) is 2.16. The third-order valence-electron chi connectivity index (χ3n) is 3.02. The molecular weight excluding hydrogens is 202 g/mol. The summed E-state index contributed by atoms with van der Waals surface area (Å²) in [4.78, 5) is 0. The number of furan rings is 1. The van der Waals surface area contributed by atoms with Crippen LogP contribution in [0, 0.1) is 6.92 Å².